The number of carbonyl (C=O) groups is 1. The summed E-state index contributed by atoms with van der Waals surface area (Å²) in [5, 5.41) is 12.4. The molecule has 2 bridgehead atoms. The molecule has 2 unspecified atom stereocenters. The van der Waals surface area contributed by atoms with Gasteiger partial charge in [-0.2, -0.15) is 13.2 Å². The molecule has 1 saturated heterocycles. The van der Waals surface area contributed by atoms with Gasteiger partial charge in [-0.15, -0.1) is 0 Å². The molecule has 1 saturated carbocycles. The number of piperidine rings is 1. The van der Waals surface area contributed by atoms with Crippen molar-refractivity contribution in [3.8, 4) is 11.5 Å². The Morgan fingerprint density at radius 1 is 1.21 bits per heavy atom. The highest BCUT2D eigenvalue weighted by Gasteiger charge is 2.73. The minimum atomic E-state index is -4.41. The number of halogens is 3. The smallest absolute Gasteiger partial charge is 0.416 e. The molecular formula is C29H31F3N2O4. The Hall–Kier alpha value is -3.04. The highest BCUT2D eigenvalue weighted by Crippen LogP contribution is 2.65. The molecule has 0 radical (unpaired) electrons. The van der Waals surface area contributed by atoms with Crippen molar-refractivity contribution in [3.05, 3.63) is 64.7 Å². The summed E-state index contributed by atoms with van der Waals surface area (Å²) in [6.07, 6.45) is 0.574. The minimum absolute atomic E-state index is 0.0456. The van der Waals surface area contributed by atoms with Crippen molar-refractivity contribution in [1.29, 1.82) is 0 Å². The van der Waals surface area contributed by atoms with Gasteiger partial charge in [-0.3, -0.25) is 4.79 Å². The van der Waals surface area contributed by atoms with Gasteiger partial charge >= 0.3 is 6.18 Å². The molecule has 2 heterocycles. The van der Waals surface area contributed by atoms with E-state index in [1.807, 2.05) is 6.07 Å². The molecule has 2 aromatic carbocycles. The Labute approximate surface area is 219 Å². The van der Waals surface area contributed by atoms with E-state index >= 15 is 0 Å². The van der Waals surface area contributed by atoms with Gasteiger partial charge in [0.2, 0.25) is 5.91 Å². The summed E-state index contributed by atoms with van der Waals surface area (Å²) >= 11 is 0. The van der Waals surface area contributed by atoms with Crippen molar-refractivity contribution in [1.82, 2.24) is 9.80 Å². The second-order valence-electron chi connectivity index (χ2n) is 11.0. The third kappa shape index (κ3) is 3.37. The van der Waals surface area contributed by atoms with Crippen LogP contribution in [0.1, 0.15) is 41.5 Å². The number of likely N-dealkylation sites (tertiary alicyclic amines) is 1. The van der Waals surface area contributed by atoms with Crippen LogP contribution in [-0.2, 0) is 22.8 Å². The third-order valence-electron chi connectivity index (χ3n) is 9.40. The molecule has 202 valence electrons. The number of aliphatic hydroxyl groups is 1. The van der Waals surface area contributed by atoms with Gasteiger partial charge < -0.3 is 24.4 Å². The maximum absolute atomic E-state index is 13.3. The van der Waals surface area contributed by atoms with E-state index in [0.717, 1.165) is 36.2 Å². The predicted molar refractivity (Wildman–Crippen MR) is 135 cm³/mol. The lowest BCUT2D eigenvalue weighted by Gasteiger charge is -2.64. The molecule has 9 heteroatoms. The Morgan fingerprint density at radius 3 is 2.63 bits per heavy atom. The lowest BCUT2D eigenvalue weighted by Crippen LogP contribution is -2.77. The van der Waals surface area contributed by atoms with Crippen LogP contribution in [0.2, 0.25) is 0 Å². The monoisotopic (exact) mass is 528 g/mol. The zero-order valence-corrected chi connectivity index (χ0v) is 21.6. The summed E-state index contributed by atoms with van der Waals surface area (Å²) in [7, 11) is 5.39. The van der Waals surface area contributed by atoms with Crippen molar-refractivity contribution < 1.29 is 32.5 Å². The van der Waals surface area contributed by atoms with Gasteiger partial charge in [0.05, 0.1) is 29.7 Å². The quantitative estimate of drug-likeness (QED) is 0.608. The van der Waals surface area contributed by atoms with E-state index in [4.69, 9.17) is 9.47 Å². The van der Waals surface area contributed by atoms with Crippen LogP contribution in [0, 0.1) is 0 Å². The van der Waals surface area contributed by atoms with Gasteiger partial charge in [-0.1, -0.05) is 18.2 Å². The number of hydrogen-bond donors (Lipinski definition) is 1. The summed E-state index contributed by atoms with van der Waals surface area (Å²) in [4.78, 5) is 17.2. The molecule has 4 aliphatic rings. The first kappa shape index (κ1) is 25.2. The average molecular weight is 529 g/mol. The van der Waals surface area contributed by atoms with Crippen LogP contribution >= 0.6 is 0 Å². The van der Waals surface area contributed by atoms with Crippen LogP contribution < -0.4 is 9.47 Å². The lowest BCUT2D eigenvalue weighted by atomic mass is 9.48. The van der Waals surface area contributed by atoms with Crippen LogP contribution in [0.5, 0.6) is 11.5 Å². The summed E-state index contributed by atoms with van der Waals surface area (Å²) in [6.45, 7) is 0.807. The molecule has 6 rings (SSSR count). The van der Waals surface area contributed by atoms with Crippen molar-refractivity contribution in [2.75, 3.05) is 27.7 Å². The summed E-state index contributed by atoms with van der Waals surface area (Å²) in [5.41, 5.74) is 0.299. The summed E-state index contributed by atoms with van der Waals surface area (Å²) < 4.78 is 50.9. The molecule has 1 spiro atoms. The number of carbonyl (C=O) groups excluding carboxylic acids is 1. The van der Waals surface area contributed by atoms with Gasteiger partial charge in [-0.05, 0) is 74.7 Å². The van der Waals surface area contributed by atoms with Crippen LogP contribution in [0.4, 0.5) is 13.2 Å². The molecule has 1 amide bonds. The van der Waals surface area contributed by atoms with E-state index in [9.17, 15) is 23.1 Å². The largest absolute Gasteiger partial charge is 0.493 e. The molecule has 2 aliphatic heterocycles. The molecule has 5 atom stereocenters. The minimum Gasteiger partial charge on any atom is -0.493 e. The number of amides is 1. The average Bonchev–Trinajstić information content (AvgIpc) is 3.24. The molecule has 6 nitrogen and oxygen atoms in total. The first-order valence-corrected chi connectivity index (χ1v) is 12.9. The van der Waals surface area contributed by atoms with Gasteiger partial charge in [0.25, 0.3) is 0 Å². The van der Waals surface area contributed by atoms with E-state index in [0.29, 0.717) is 36.3 Å². The lowest BCUT2D eigenvalue weighted by molar-refractivity contribution is -0.195. The molecule has 38 heavy (non-hydrogen) atoms. The molecular weight excluding hydrogens is 497 g/mol. The predicted octanol–water partition coefficient (Wildman–Crippen LogP) is 4.04. The maximum Gasteiger partial charge on any atom is 0.416 e. The van der Waals surface area contributed by atoms with Crippen LogP contribution in [0.15, 0.2) is 42.5 Å². The first-order valence-electron chi connectivity index (χ1n) is 12.9. The van der Waals surface area contributed by atoms with E-state index in [-0.39, 0.29) is 18.0 Å². The van der Waals surface area contributed by atoms with Crippen molar-refractivity contribution in [2.45, 2.75) is 61.1 Å². The Kier molecular flexibility index (Phi) is 5.63. The third-order valence-corrected chi connectivity index (χ3v) is 9.40. The second-order valence-corrected chi connectivity index (χ2v) is 11.0. The van der Waals surface area contributed by atoms with Crippen molar-refractivity contribution in [2.24, 2.45) is 0 Å². The van der Waals surface area contributed by atoms with E-state index in [1.54, 1.807) is 19.1 Å². The van der Waals surface area contributed by atoms with Gasteiger partial charge in [-0.25, -0.2) is 0 Å². The van der Waals surface area contributed by atoms with Gasteiger partial charge in [0, 0.05) is 24.7 Å². The second kappa shape index (κ2) is 8.48. The first-order chi connectivity index (χ1) is 18.0. The number of nitrogens with zero attached hydrogens (tertiary/aromatic N) is 2. The van der Waals surface area contributed by atoms with Crippen LogP contribution in [-0.4, -0.2) is 72.4 Å². The molecule has 2 fully saturated rings. The fourth-order valence-corrected chi connectivity index (χ4v) is 7.51. The molecule has 1 N–H and O–H groups in total. The van der Waals surface area contributed by atoms with Gasteiger partial charge in [0.1, 0.15) is 6.10 Å². The number of benzene rings is 2. The summed E-state index contributed by atoms with van der Waals surface area (Å²) in [6, 6.07) is 8.34. The Balaban J connectivity index is 1.32. The Bertz CT molecular complexity index is 1310. The van der Waals surface area contributed by atoms with Crippen LogP contribution in [0.3, 0.4) is 0 Å². The molecule has 0 aromatic heterocycles. The number of rotatable bonds is 4. The fraction of sp³-hybridized carbons (Fsp3) is 0.483. The zero-order chi connectivity index (χ0) is 27.0. The van der Waals surface area contributed by atoms with Crippen molar-refractivity contribution in [3.63, 3.8) is 0 Å². The SMILES string of the molecule is COc1ccc2c3c1OC1C(N(C)C(=O)/C=C/c4ccc(C(F)(F)F)cc4)CC[C@@]4(O)[C@@H](C2)N(C)CC[C@]314. The number of alkyl halides is 3. The number of likely N-dealkylation sites (N-methyl/N-ethyl adjacent to an activating group) is 2. The highest BCUT2D eigenvalue weighted by molar-refractivity contribution is 5.92. The standard InChI is InChI=1S/C29H31F3N2O4/c1-33-15-14-27-24-18-7-10-21(37-3)25(24)38-26(27)20(12-13-28(27,36)22(33)16-18)34(2)23(35)11-6-17-4-8-19(9-5-17)29(30,31)32/h4-11,20,22,26,36H,12-16H2,1-3H3/b11-6+/t20?,22-,26?,27+,28-/m1/s1. The Morgan fingerprint density at radius 2 is 1.95 bits per heavy atom. The molecule has 2 aliphatic carbocycles. The van der Waals surface area contributed by atoms with Crippen LogP contribution in [0.25, 0.3) is 6.08 Å². The highest BCUT2D eigenvalue weighted by atomic mass is 19.4. The fourth-order valence-electron chi connectivity index (χ4n) is 7.51. The van der Waals surface area contributed by atoms with E-state index in [1.165, 1.54) is 24.3 Å². The van der Waals surface area contributed by atoms with Gasteiger partial charge in [0.15, 0.2) is 11.5 Å². The number of ether oxygens (including phenoxy) is 2. The van der Waals surface area contributed by atoms with E-state index < -0.39 is 28.9 Å². The zero-order valence-electron chi connectivity index (χ0n) is 21.6. The summed E-state index contributed by atoms with van der Waals surface area (Å²) in [5.74, 6) is 1.02. The topological polar surface area (TPSA) is 62.2 Å². The molecule has 2 aromatic rings. The normalized spacial score (nSPS) is 31.6. The maximum atomic E-state index is 13.3. The van der Waals surface area contributed by atoms with Crippen molar-refractivity contribution >= 4 is 12.0 Å². The number of methoxy groups -OCH3 is 1. The van der Waals surface area contributed by atoms with E-state index in [2.05, 4.69) is 18.0 Å². The number of hydrogen-bond acceptors (Lipinski definition) is 5.